The number of benzene rings is 2. The van der Waals surface area contributed by atoms with Crippen molar-refractivity contribution in [3.63, 3.8) is 0 Å². The Balaban J connectivity index is 1.48. The summed E-state index contributed by atoms with van der Waals surface area (Å²) >= 11 is 0. The van der Waals surface area contributed by atoms with E-state index in [0.717, 1.165) is 61.8 Å². The van der Waals surface area contributed by atoms with Gasteiger partial charge in [0.1, 0.15) is 12.4 Å². The zero-order valence-corrected chi connectivity index (χ0v) is 18.3. The lowest BCUT2D eigenvalue weighted by Crippen LogP contribution is -2.36. The van der Waals surface area contributed by atoms with E-state index in [0.29, 0.717) is 18.7 Å². The molecular formula is C25H28N4O3. The predicted molar refractivity (Wildman–Crippen MR) is 121 cm³/mol. The molecule has 7 nitrogen and oxygen atoms in total. The Morgan fingerprint density at radius 3 is 2.69 bits per heavy atom. The van der Waals surface area contributed by atoms with E-state index in [2.05, 4.69) is 46.5 Å². The van der Waals surface area contributed by atoms with Crippen LogP contribution in [0.15, 0.2) is 48.8 Å². The number of hydrogen-bond acceptors (Lipinski definition) is 5. The van der Waals surface area contributed by atoms with Crippen LogP contribution in [0.2, 0.25) is 0 Å². The molecule has 0 unspecified atom stereocenters. The average Bonchev–Trinajstić information content (AvgIpc) is 3.30. The van der Waals surface area contributed by atoms with Crippen LogP contribution in [0.25, 0.3) is 5.69 Å². The second-order valence-corrected chi connectivity index (χ2v) is 8.30. The smallest absolute Gasteiger partial charge is 0.255 e. The van der Waals surface area contributed by atoms with E-state index in [1.54, 1.807) is 6.20 Å². The van der Waals surface area contributed by atoms with Crippen molar-refractivity contribution in [3.8, 4) is 11.4 Å². The Morgan fingerprint density at radius 2 is 1.94 bits per heavy atom. The molecule has 5 rings (SSSR count). The maximum absolute atomic E-state index is 12.8. The lowest BCUT2D eigenvalue weighted by atomic mass is 9.92. The average molecular weight is 433 g/mol. The number of morpholine rings is 1. The van der Waals surface area contributed by atoms with Crippen LogP contribution < -0.4 is 10.1 Å². The highest BCUT2D eigenvalue weighted by Gasteiger charge is 2.25. The zero-order chi connectivity index (χ0) is 21.9. The van der Waals surface area contributed by atoms with Crippen LogP contribution in [0.3, 0.4) is 0 Å². The number of hydrogen-bond donors (Lipinski definition) is 1. The molecule has 0 saturated carbocycles. The highest BCUT2D eigenvalue weighted by Crippen LogP contribution is 2.33. The third-order valence-corrected chi connectivity index (χ3v) is 6.24. The minimum atomic E-state index is -0.0593. The van der Waals surface area contributed by atoms with Crippen molar-refractivity contribution in [1.29, 1.82) is 0 Å². The van der Waals surface area contributed by atoms with Gasteiger partial charge in [-0.1, -0.05) is 12.1 Å². The molecule has 0 aliphatic carbocycles. The van der Waals surface area contributed by atoms with Gasteiger partial charge in [0.05, 0.1) is 31.0 Å². The van der Waals surface area contributed by atoms with Crippen molar-refractivity contribution in [2.75, 3.05) is 39.5 Å². The van der Waals surface area contributed by atoms with E-state index in [1.165, 1.54) is 11.1 Å². The molecule has 1 fully saturated rings. The van der Waals surface area contributed by atoms with E-state index < -0.39 is 0 Å². The van der Waals surface area contributed by atoms with Crippen molar-refractivity contribution < 1.29 is 14.3 Å². The molecule has 0 radical (unpaired) electrons. The second-order valence-electron chi connectivity index (χ2n) is 8.30. The van der Waals surface area contributed by atoms with Crippen LogP contribution in [-0.4, -0.2) is 60.0 Å². The summed E-state index contributed by atoms with van der Waals surface area (Å²) in [5.74, 6) is 0.678. The first kappa shape index (κ1) is 20.7. The minimum absolute atomic E-state index is 0.0593. The lowest BCUT2D eigenvalue weighted by Gasteiger charge is -2.29. The van der Waals surface area contributed by atoms with Crippen molar-refractivity contribution in [2.24, 2.45) is 0 Å². The van der Waals surface area contributed by atoms with Gasteiger partial charge < -0.3 is 14.8 Å². The van der Waals surface area contributed by atoms with Gasteiger partial charge >= 0.3 is 0 Å². The number of aromatic nitrogens is 2. The van der Waals surface area contributed by atoms with E-state index in [-0.39, 0.29) is 5.91 Å². The third kappa shape index (κ3) is 4.26. The molecule has 1 N–H and O–H groups in total. The summed E-state index contributed by atoms with van der Waals surface area (Å²) in [4.78, 5) is 15.2. The zero-order valence-electron chi connectivity index (χ0n) is 18.3. The number of rotatable bonds is 5. The van der Waals surface area contributed by atoms with Crippen LogP contribution in [0.5, 0.6) is 5.75 Å². The molecule has 3 heterocycles. The fourth-order valence-corrected chi connectivity index (χ4v) is 4.39. The molecule has 2 aliphatic heterocycles. The summed E-state index contributed by atoms with van der Waals surface area (Å²) in [5.41, 5.74) is 6.32. The Bertz CT molecular complexity index is 1090. The molecular weight excluding hydrogens is 404 g/mol. The summed E-state index contributed by atoms with van der Waals surface area (Å²) in [6.45, 7) is 7.18. The Labute approximate surface area is 187 Å². The number of fused-ring (bicyclic) bond motifs is 1. The van der Waals surface area contributed by atoms with Crippen molar-refractivity contribution >= 4 is 5.91 Å². The lowest BCUT2D eigenvalue weighted by molar-refractivity contribution is 0.0337. The molecule has 0 atom stereocenters. The quantitative estimate of drug-likeness (QED) is 0.672. The van der Waals surface area contributed by atoms with Crippen molar-refractivity contribution in [1.82, 2.24) is 20.0 Å². The predicted octanol–water partition coefficient (Wildman–Crippen LogP) is 2.73. The first-order valence-corrected chi connectivity index (χ1v) is 11.1. The minimum Gasteiger partial charge on any atom is -0.491 e. The number of carbonyl (C=O) groups excluding carboxylic acids is 1. The first-order chi connectivity index (χ1) is 15.7. The molecule has 166 valence electrons. The first-order valence-electron chi connectivity index (χ1n) is 11.1. The van der Waals surface area contributed by atoms with Gasteiger partial charge in [0.15, 0.2) is 0 Å². The van der Waals surface area contributed by atoms with Gasteiger partial charge in [-0.2, -0.15) is 5.10 Å². The summed E-state index contributed by atoms with van der Waals surface area (Å²) in [6.07, 6.45) is 4.46. The number of ether oxygens (including phenoxy) is 2. The van der Waals surface area contributed by atoms with E-state index >= 15 is 0 Å². The van der Waals surface area contributed by atoms with Gasteiger partial charge in [0.2, 0.25) is 0 Å². The summed E-state index contributed by atoms with van der Waals surface area (Å²) in [6, 6.07) is 12.3. The van der Waals surface area contributed by atoms with Crippen LogP contribution in [0.1, 0.15) is 32.6 Å². The maximum atomic E-state index is 12.8. The molecule has 2 aromatic carbocycles. The summed E-state index contributed by atoms with van der Waals surface area (Å²) in [5, 5.41) is 7.25. The van der Waals surface area contributed by atoms with Crippen LogP contribution in [-0.2, 0) is 17.7 Å². The Kier molecular flexibility index (Phi) is 5.92. The molecule has 7 heteroatoms. The third-order valence-electron chi connectivity index (χ3n) is 6.24. The molecule has 1 aromatic heterocycles. The summed E-state index contributed by atoms with van der Waals surface area (Å²) in [7, 11) is 0. The van der Waals surface area contributed by atoms with Crippen LogP contribution >= 0.6 is 0 Å². The van der Waals surface area contributed by atoms with Gasteiger partial charge in [-0.05, 0) is 54.3 Å². The van der Waals surface area contributed by atoms with E-state index in [9.17, 15) is 4.79 Å². The normalized spacial score (nSPS) is 16.7. The highest BCUT2D eigenvalue weighted by molar-refractivity contribution is 5.98. The van der Waals surface area contributed by atoms with E-state index in [4.69, 9.17) is 9.47 Å². The topological polar surface area (TPSA) is 68.6 Å². The van der Waals surface area contributed by atoms with Crippen molar-refractivity contribution in [3.05, 3.63) is 76.6 Å². The standard InChI is InChI=1S/C25H28N4O3/c1-18-20(15-19-3-5-21(6-4-19)29-9-2-7-27-29)16-22-24(32-12-8-26-25(22)30)23(18)17-28-10-13-31-14-11-28/h2-7,9,16H,8,10-15,17H2,1H3,(H,26,30). The summed E-state index contributed by atoms with van der Waals surface area (Å²) < 4.78 is 13.4. The number of amides is 1. The van der Waals surface area contributed by atoms with Gasteiger partial charge in [-0.25, -0.2) is 4.68 Å². The molecule has 0 spiro atoms. The molecule has 3 aromatic rings. The maximum Gasteiger partial charge on any atom is 0.255 e. The largest absolute Gasteiger partial charge is 0.491 e. The van der Waals surface area contributed by atoms with Gasteiger partial charge in [-0.3, -0.25) is 9.69 Å². The molecule has 0 bridgehead atoms. The highest BCUT2D eigenvalue weighted by atomic mass is 16.5. The van der Waals surface area contributed by atoms with E-state index in [1.807, 2.05) is 23.0 Å². The fourth-order valence-electron chi connectivity index (χ4n) is 4.39. The number of carbonyl (C=O) groups is 1. The monoisotopic (exact) mass is 432 g/mol. The fraction of sp³-hybridized carbons (Fsp3) is 0.360. The Morgan fingerprint density at radius 1 is 1.12 bits per heavy atom. The number of nitrogens with one attached hydrogen (secondary N) is 1. The molecule has 1 amide bonds. The Hall–Kier alpha value is -3.16. The molecule has 32 heavy (non-hydrogen) atoms. The van der Waals surface area contributed by atoms with Crippen molar-refractivity contribution in [2.45, 2.75) is 19.9 Å². The SMILES string of the molecule is Cc1c(Cc2ccc(-n3cccn3)cc2)cc2c(c1CN1CCOCC1)OCCNC2=O. The van der Waals surface area contributed by atoms with Gasteiger partial charge in [0.25, 0.3) is 5.91 Å². The molecule has 2 aliphatic rings. The van der Waals surface area contributed by atoms with Gasteiger partial charge in [0, 0.05) is 37.6 Å². The van der Waals surface area contributed by atoms with Crippen LogP contribution in [0, 0.1) is 6.92 Å². The molecule has 1 saturated heterocycles. The van der Waals surface area contributed by atoms with Crippen LogP contribution in [0.4, 0.5) is 0 Å². The van der Waals surface area contributed by atoms with Gasteiger partial charge in [-0.15, -0.1) is 0 Å². The number of nitrogens with zero attached hydrogens (tertiary/aromatic N) is 3. The second kappa shape index (κ2) is 9.14.